The molecule has 7 heteroatoms. The fourth-order valence-electron chi connectivity index (χ4n) is 1.66. The molecule has 0 saturated carbocycles. The molecule has 0 aliphatic rings. The second-order valence-corrected chi connectivity index (χ2v) is 4.22. The first kappa shape index (κ1) is 15.6. The summed E-state index contributed by atoms with van der Waals surface area (Å²) in [6.07, 6.45) is 0.558. The van der Waals surface area contributed by atoms with Crippen LogP contribution in [0.1, 0.15) is 10.4 Å². The van der Waals surface area contributed by atoms with Crippen LogP contribution in [0.25, 0.3) is 0 Å². The van der Waals surface area contributed by atoms with Crippen LogP contribution in [0.4, 0.5) is 18.9 Å². The highest BCUT2D eigenvalue weighted by atomic mass is 19.2. The summed E-state index contributed by atoms with van der Waals surface area (Å²) in [4.78, 5) is 22.4. The lowest BCUT2D eigenvalue weighted by molar-refractivity contribution is -0.118. The number of anilines is 1. The third-order valence-corrected chi connectivity index (χ3v) is 2.71. The van der Waals surface area contributed by atoms with Crippen molar-refractivity contribution in [3.8, 4) is 5.75 Å². The lowest BCUT2D eigenvalue weighted by Crippen LogP contribution is -2.21. The van der Waals surface area contributed by atoms with Crippen LogP contribution >= 0.6 is 0 Å². The average molecular weight is 309 g/mol. The van der Waals surface area contributed by atoms with Crippen molar-refractivity contribution in [2.45, 2.75) is 0 Å². The van der Waals surface area contributed by atoms with Crippen molar-refractivity contribution in [1.82, 2.24) is 0 Å². The van der Waals surface area contributed by atoms with Crippen LogP contribution in [-0.4, -0.2) is 18.8 Å². The Morgan fingerprint density at radius 3 is 2.55 bits per heavy atom. The van der Waals surface area contributed by atoms with E-state index in [0.29, 0.717) is 12.4 Å². The summed E-state index contributed by atoms with van der Waals surface area (Å²) in [5, 5.41) is 2.05. The summed E-state index contributed by atoms with van der Waals surface area (Å²) in [7, 11) is 0. The van der Waals surface area contributed by atoms with Gasteiger partial charge in [0.15, 0.2) is 30.3 Å². The van der Waals surface area contributed by atoms with Gasteiger partial charge in [-0.15, -0.1) is 0 Å². The summed E-state index contributed by atoms with van der Waals surface area (Å²) in [5.41, 5.74) is -0.259. The average Bonchev–Trinajstić information content (AvgIpc) is 2.53. The van der Waals surface area contributed by atoms with Crippen molar-refractivity contribution in [2.75, 3.05) is 11.9 Å². The molecule has 0 radical (unpaired) electrons. The Hall–Kier alpha value is -2.83. The van der Waals surface area contributed by atoms with Gasteiger partial charge in [-0.2, -0.15) is 0 Å². The summed E-state index contributed by atoms with van der Waals surface area (Å²) in [6.45, 7) is -0.525. The predicted molar refractivity (Wildman–Crippen MR) is 72.3 cm³/mol. The molecule has 2 aromatic rings. The highest BCUT2D eigenvalue weighted by Crippen LogP contribution is 2.20. The van der Waals surface area contributed by atoms with Crippen molar-refractivity contribution in [1.29, 1.82) is 0 Å². The summed E-state index contributed by atoms with van der Waals surface area (Å²) >= 11 is 0. The van der Waals surface area contributed by atoms with E-state index < -0.39 is 35.7 Å². The number of rotatable bonds is 5. The minimum absolute atomic E-state index is 0.179. The molecule has 2 rings (SSSR count). The van der Waals surface area contributed by atoms with Crippen LogP contribution in [0.2, 0.25) is 0 Å². The first-order chi connectivity index (χ1) is 10.5. The molecule has 4 nitrogen and oxygen atoms in total. The number of halogens is 3. The summed E-state index contributed by atoms with van der Waals surface area (Å²) in [5.74, 6) is -5.14. The second-order valence-electron chi connectivity index (χ2n) is 4.22. The van der Waals surface area contributed by atoms with E-state index in [9.17, 15) is 22.8 Å². The number of carbonyl (C=O) groups is 2. The van der Waals surface area contributed by atoms with E-state index in [-0.39, 0.29) is 11.3 Å². The topological polar surface area (TPSA) is 55.4 Å². The van der Waals surface area contributed by atoms with E-state index in [2.05, 4.69) is 5.32 Å². The molecule has 114 valence electrons. The molecule has 0 spiro atoms. The lowest BCUT2D eigenvalue weighted by atomic mass is 10.2. The fraction of sp³-hybridized carbons (Fsp3) is 0.0667. The van der Waals surface area contributed by atoms with Gasteiger partial charge in [-0.3, -0.25) is 9.59 Å². The Bertz CT molecular complexity index is 719. The van der Waals surface area contributed by atoms with Crippen molar-refractivity contribution in [2.24, 2.45) is 0 Å². The molecule has 2 aromatic carbocycles. The monoisotopic (exact) mass is 309 g/mol. The molecule has 0 heterocycles. The summed E-state index contributed by atoms with van der Waals surface area (Å²) in [6, 6.07) is 7.79. The maximum absolute atomic E-state index is 13.4. The molecule has 0 saturated heterocycles. The number of hydrogen-bond acceptors (Lipinski definition) is 3. The molecule has 0 fully saturated rings. The number of amides is 1. The molecular formula is C15H10F3NO3. The smallest absolute Gasteiger partial charge is 0.262 e. The van der Waals surface area contributed by atoms with Crippen molar-refractivity contribution in [3.63, 3.8) is 0 Å². The van der Waals surface area contributed by atoms with Gasteiger partial charge in [-0.05, 0) is 24.3 Å². The van der Waals surface area contributed by atoms with Crippen LogP contribution in [-0.2, 0) is 4.79 Å². The van der Waals surface area contributed by atoms with Gasteiger partial charge in [-0.1, -0.05) is 12.1 Å². The molecule has 0 bridgehead atoms. The zero-order chi connectivity index (χ0) is 16.1. The quantitative estimate of drug-likeness (QED) is 0.682. The summed E-state index contributed by atoms with van der Waals surface area (Å²) < 4.78 is 44.3. The van der Waals surface area contributed by atoms with Crippen LogP contribution in [0, 0.1) is 17.5 Å². The van der Waals surface area contributed by atoms with E-state index in [1.54, 1.807) is 12.1 Å². The second kappa shape index (κ2) is 6.75. The van der Waals surface area contributed by atoms with Gasteiger partial charge >= 0.3 is 0 Å². The first-order valence-electron chi connectivity index (χ1n) is 6.13. The Balaban J connectivity index is 2.02. The van der Waals surface area contributed by atoms with E-state index in [4.69, 9.17) is 4.74 Å². The van der Waals surface area contributed by atoms with Gasteiger partial charge in [0, 0.05) is 0 Å². The largest absolute Gasteiger partial charge is 0.483 e. The van der Waals surface area contributed by atoms with E-state index in [0.717, 1.165) is 6.07 Å². The highest BCUT2D eigenvalue weighted by Gasteiger charge is 2.15. The third kappa shape index (κ3) is 3.43. The normalized spacial score (nSPS) is 10.1. The fourth-order valence-corrected chi connectivity index (χ4v) is 1.66. The van der Waals surface area contributed by atoms with Crippen LogP contribution in [0.3, 0.4) is 0 Å². The van der Waals surface area contributed by atoms with Crippen molar-refractivity contribution >= 4 is 17.9 Å². The maximum atomic E-state index is 13.4. The molecular weight excluding hydrogens is 299 g/mol. The number of ether oxygens (including phenoxy) is 1. The van der Waals surface area contributed by atoms with Crippen molar-refractivity contribution < 1.29 is 27.5 Å². The lowest BCUT2D eigenvalue weighted by Gasteiger charge is -2.09. The third-order valence-electron chi connectivity index (χ3n) is 2.71. The zero-order valence-electron chi connectivity index (χ0n) is 11.1. The molecule has 22 heavy (non-hydrogen) atoms. The van der Waals surface area contributed by atoms with Crippen LogP contribution in [0.5, 0.6) is 5.75 Å². The molecule has 0 aromatic heterocycles. The minimum Gasteiger partial charge on any atom is -0.483 e. The molecule has 0 atom stereocenters. The SMILES string of the molecule is O=Cc1ccccc1OCC(=O)Nc1ccc(F)c(F)c1F. The number of para-hydroxylation sites is 1. The van der Waals surface area contributed by atoms with Crippen LogP contribution < -0.4 is 10.1 Å². The standard InChI is InChI=1S/C15H10F3NO3/c16-10-5-6-11(15(18)14(10)17)19-13(21)8-22-12-4-2-1-3-9(12)7-20/h1-7H,8H2,(H,19,21). The van der Waals surface area contributed by atoms with Crippen molar-refractivity contribution in [3.05, 3.63) is 59.4 Å². The Kier molecular flexibility index (Phi) is 4.77. The molecule has 0 aliphatic heterocycles. The van der Waals surface area contributed by atoms with Gasteiger partial charge in [0.05, 0.1) is 11.3 Å². The van der Waals surface area contributed by atoms with Gasteiger partial charge in [0.1, 0.15) is 5.75 Å². The number of benzene rings is 2. The zero-order valence-corrected chi connectivity index (χ0v) is 11.1. The maximum Gasteiger partial charge on any atom is 0.262 e. The molecule has 1 N–H and O–H groups in total. The van der Waals surface area contributed by atoms with Crippen LogP contribution in [0.15, 0.2) is 36.4 Å². The minimum atomic E-state index is -1.68. The van der Waals surface area contributed by atoms with E-state index in [1.165, 1.54) is 12.1 Å². The molecule has 1 amide bonds. The van der Waals surface area contributed by atoms with Gasteiger partial charge < -0.3 is 10.1 Å². The van der Waals surface area contributed by atoms with E-state index in [1.807, 2.05) is 0 Å². The van der Waals surface area contributed by atoms with E-state index >= 15 is 0 Å². The number of hydrogen-bond donors (Lipinski definition) is 1. The van der Waals surface area contributed by atoms with Gasteiger partial charge in [0.25, 0.3) is 5.91 Å². The Morgan fingerprint density at radius 1 is 1.09 bits per heavy atom. The number of aldehydes is 1. The number of nitrogens with one attached hydrogen (secondary N) is 1. The predicted octanol–water partition coefficient (Wildman–Crippen LogP) is 2.93. The Morgan fingerprint density at radius 2 is 1.82 bits per heavy atom. The molecule has 0 unspecified atom stereocenters. The highest BCUT2D eigenvalue weighted by molar-refractivity contribution is 5.92. The molecule has 0 aliphatic carbocycles. The first-order valence-corrected chi connectivity index (χ1v) is 6.13. The Labute approximate surface area is 123 Å². The van der Waals surface area contributed by atoms with Gasteiger partial charge in [-0.25, -0.2) is 13.2 Å². The van der Waals surface area contributed by atoms with Gasteiger partial charge in [0.2, 0.25) is 0 Å². The number of carbonyl (C=O) groups excluding carboxylic acids is 2.